The van der Waals surface area contributed by atoms with E-state index in [0.717, 1.165) is 39.0 Å². The van der Waals surface area contributed by atoms with Gasteiger partial charge in [0.05, 0.1) is 16.6 Å². The summed E-state index contributed by atoms with van der Waals surface area (Å²) in [6.07, 6.45) is 3.79. The van der Waals surface area contributed by atoms with Crippen LogP contribution in [-0.2, 0) is 5.41 Å². The van der Waals surface area contributed by atoms with Crippen molar-refractivity contribution < 1.29 is 4.74 Å². The van der Waals surface area contributed by atoms with Gasteiger partial charge in [0.15, 0.2) is 0 Å². The maximum absolute atomic E-state index is 6.30. The molecule has 0 unspecified atom stereocenters. The first-order chi connectivity index (χ1) is 12.4. The van der Waals surface area contributed by atoms with Gasteiger partial charge in [-0.1, -0.05) is 32.9 Å². The predicted molar refractivity (Wildman–Crippen MR) is 106 cm³/mol. The molecule has 0 fully saturated rings. The van der Waals surface area contributed by atoms with Crippen molar-refractivity contribution in [2.24, 2.45) is 0 Å². The molecule has 0 radical (unpaired) electrons. The van der Waals surface area contributed by atoms with Crippen LogP contribution in [0.5, 0.6) is 11.5 Å². The number of fused-ring (bicyclic) bond motifs is 3. The lowest BCUT2D eigenvalue weighted by Crippen LogP contribution is -2.13. The Bertz CT molecular complexity index is 1200. The Morgan fingerprint density at radius 1 is 0.923 bits per heavy atom. The van der Waals surface area contributed by atoms with Gasteiger partial charge in [-0.3, -0.25) is 9.97 Å². The van der Waals surface area contributed by atoms with E-state index >= 15 is 0 Å². The molecule has 3 heteroatoms. The number of rotatable bonds is 0. The minimum Gasteiger partial charge on any atom is -0.456 e. The fourth-order valence-electron chi connectivity index (χ4n) is 3.92. The largest absolute Gasteiger partial charge is 0.456 e. The molecule has 0 aliphatic carbocycles. The Morgan fingerprint density at radius 2 is 1.77 bits per heavy atom. The van der Waals surface area contributed by atoms with Gasteiger partial charge in [0.1, 0.15) is 11.5 Å². The number of aromatic nitrogens is 2. The van der Waals surface area contributed by atoms with Crippen LogP contribution >= 0.6 is 0 Å². The first-order valence-electron chi connectivity index (χ1n) is 8.93. The second-order valence-electron chi connectivity index (χ2n) is 8.05. The highest BCUT2D eigenvalue weighted by molar-refractivity contribution is 6.06. The van der Waals surface area contributed by atoms with Crippen LogP contribution < -0.4 is 4.74 Å². The van der Waals surface area contributed by atoms with Crippen LogP contribution in [-0.4, -0.2) is 9.97 Å². The molecule has 1 aliphatic rings. The first kappa shape index (κ1) is 15.3. The summed E-state index contributed by atoms with van der Waals surface area (Å²) in [6, 6.07) is 12.5. The minimum atomic E-state index is 0.0511. The Morgan fingerprint density at radius 3 is 2.58 bits per heavy atom. The van der Waals surface area contributed by atoms with Crippen molar-refractivity contribution in [2.45, 2.75) is 33.1 Å². The molecular formula is C23H20N2O. The lowest BCUT2D eigenvalue weighted by Gasteiger charge is -2.27. The Hall–Kier alpha value is -2.94. The van der Waals surface area contributed by atoms with Crippen LogP contribution in [0.25, 0.3) is 32.9 Å². The molecule has 0 N–H and O–H groups in total. The van der Waals surface area contributed by atoms with Crippen molar-refractivity contribution in [2.75, 3.05) is 0 Å². The first-order valence-corrected chi connectivity index (χ1v) is 8.93. The normalized spacial score (nSPS) is 12.9. The van der Waals surface area contributed by atoms with E-state index in [0.29, 0.717) is 0 Å². The molecule has 0 amide bonds. The second kappa shape index (κ2) is 5.04. The van der Waals surface area contributed by atoms with Gasteiger partial charge < -0.3 is 4.74 Å². The van der Waals surface area contributed by atoms with Crippen LogP contribution in [0.1, 0.15) is 31.9 Å². The number of benzene rings is 2. The lowest BCUT2D eigenvalue weighted by atomic mass is 9.81. The molecule has 0 spiro atoms. The number of aryl methyl sites for hydroxylation is 1. The van der Waals surface area contributed by atoms with E-state index < -0.39 is 0 Å². The monoisotopic (exact) mass is 340 g/mol. The zero-order chi connectivity index (χ0) is 18.1. The molecular weight excluding hydrogens is 320 g/mol. The van der Waals surface area contributed by atoms with Gasteiger partial charge >= 0.3 is 0 Å². The number of hydrogen-bond acceptors (Lipinski definition) is 3. The quantitative estimate of drug-likeness (QED) is 0.338. The van der Waals surface area contributed by atoms with Gasteiger partial charge in [0, 0.05) is 29.4 Å². The third-order valence-corrected chi connectivity index (χ3v) is 5.17. The average molecular weight is 340 g/mol. The maximum atomic E-state index is 6.30. The van der Waals surface area contributed by atoms with E-state index in [9.17, 15) is 0 Å². The number of ether oxygens (including phenoxy) is 1. The highest BCUT2D eigenvalue weighted by Crippen LogP contribution is 2.49. The topological polar surface area (TPSA) is 35.0 Å². The van der Waals surface area contributed by atoms with Crippen molar-refractivity contribution in [1.82, 2.24) is 9.97 Å². The van der Waals surface area contributed by atoms with E-state index in [-0.39, 0.29) is 5.41 Å². The smallest absolute Gasteiger partial charge is 0.139 e. The molecule has 3 nitrogen and oxygen atoms in total. The van der Waals surface area contributed by atoms with E-state index in [1.54, 1.807) is 0 Å². The van der Waals surface area contributed by atoms with Gasteiger partial charge in [-0.15, -0.1) is 0 Å². The van der Waals surface area contributed by atoms with Crippen LogP contribution in [0.15, 0.2) is 48.8 Å². The summed E-state index contributed by atoms with van der Waals surface area (Å²) in [5.74, 6) is 1.70. The molecule has 1 aliphatic heterocycles. The molecule has 26 heavy (non-hydrogen) atoms. The zero-order valence-electron chi connectivity index (χ0n) is 15.4. The summed E-state index contributed by atoms with van der Waals surface area (Å²) in [4.78, 5) is 9.26. The van der Waals surface area contributed by atoms with Crippen molar-refractivity contribution in [3.05, 3.63) is 59.9 Å². The number of nitrogens with zero attached hydrogens (tertiary/aromatic N) is 2. The van der Waals surface area contributed by atoms with Gasteiger partial charge in [0.2, 0.25) is 0 Å². The molecule has 3 heterocycles. The summed E-state index contributed by atoms with van der Waals surface area (Å²) in [7, 11) is 0. The highest BCUT2D eigenvalue weighted by atomic mass is 16.5. The van der Waals surface area contributed by atoms with Crippen LogP contribution in [0.4, 0.5) is 0 Å². The molecule has 0 atom stereocenters. The molecule has 2 aromatic heterocycles. The Labute approximate surface area is 152 Å². The van der Waals surface area contributed by atoms with E-state index in [4.69, 9.17) is 9.72 Å². The third-order valence-electron chi connectivity index (χ3n) is 5.17. The Kier molecular flexibility index (Phi) is 2.97. The van der Waals surface area contributed by atoms with Gasteiger partial charge in [-0.05, 0) is 47.1 Å². The molecule has 0 saturated heterocycles. The maximum Gasteiger partial charge on any atom is 0.139 e. The SMILES string of the molecule is Cc1cnc2c3c(ccc(C(C)(C)C)c13)Oc1cc3ncccc3cc1-2. The summed E-state index contributed by atoms with van der Waals surface area (Å²) in [6.45, 7) is 8.88. The number of pyridine rings is 2. The summed E-state index contributed by atoms with van der Waals surface area (Å²) in [5.41, 5.74) is 5.53. The van der Waals surface area contributed by atoms with Gasteiger partial charge in [-0.25, -0.2) is 0 Å². The van der Waals surface area contributed by atoms with E-state index in [1.165, 1.54) is 16.5 Å². The van der Waals surface area contributed by atoms with E-state index in [2.05, 4.69) is 56.9 Å². The van der Waals surface area contributed by atoms with Crippen molar-refractivity contribution in [3.8, 4) is 22.8 Å². The van der Waals surface area contributed by atoms with Crippen LogP contribution in [0, 0.1) is 6.92 Å². The fraction of sp³-hybridized carbons (Fsp3) is 0.217. The molecule has 128 valence electrons. The molecule has 2 aromatic carbocycles. The fourth-order valence-corrected chi connectivity index (χ4v) is 3.92. The molecule has 0 saturated carbocycles. The zero-order valence-corrected chi connectivity index (χ0v) is 15.4. The van der Waals surface area contributed by atoms with Crippen molar-refractivity contribution in [1.29, 1.82) is 0 Å². The van der Waals surface area contributed by atoms with Gasteiger partial charge in [0.25, 0.3) is 0 Å². The standard InChI is InChI=1S/C23H20N2O/c1-13-12-25-22-15-10-14-6-5-9-24-17(14)11-19(15)26-18-8-7-16(23(2,3)4)20(13)21(18)22/h5-12H,1-4H3. The highest BCUT2D eigenvalue weighted by Gasteiger charge is 2.27. The predicted octanol–water partition coefficient (Wildman–Crippen LogP) is 6.16. The average Bonchev–Trinajstić information content (AvgIpc) is 2.61. The molecule has 5 rings (SSSR count). The van der Waals surface area contributed by atoms with Crippen LogP contribution in [0.3, 0.4) is 0 Å². The van der Waals surface area contributed by atoms with E-state index in [1.807, 2.05) is 24.5 Å². The Balaban J connectivity index is 1.92. The van der Waals surface area contributed by atoms with Gasteiger partial charge in [-0.2, -0.15) is 0 Å². The summed E-state index contributed by atoms with van der Waals surface area (Å²) in [5, 5.41) is 3.48. The van der Waals surface area contributed by atoms with Crippen LogP contribution in [0.2, 0.25) is 0 Å². The van der Waals surface area contributed by atoms with Crippen molar-refractivity contribution >= 4 is 21.7 Å². The molecule has 4 aromatic rings. The third kappa shape index (κ3) is 2.07. The second-order valence-corrected chi connectivity index (χ2v) is 8.05. The lowest BCUT2D eigenvalue weighted by molar-refractivity contribution is 0.486. The van der Waals surface area contributed by atoms with Crippen molar-refractivity contribution in [3.63, 3.8) is 0 Å². The molecule has 0 bridgehead atoms. The number of hydrogen-bond donors (Lipinski definition) is 0. The summed E-state index contributed by atoms with van der Waals surface area (Å²) >= 11 is 0. The minimum absolute atomic E-state index is 0.0511. The summed E-state index contributed by atoms with van der Waals surface area (Å²) < 4.78 is 6.30.